The van der Waals surface area contributed by atoms with Gasteiger partial charge in [-0.15, -0.1) is 16.0 Å². The molecule has 3 unspecified atom stereocenters. The number of halogens is 2. The van der Waals surface area contributed by atoms with E-state index in [1.807, 2.05) is 0 Å². The molecule has 1 aliphatic rings. The molecule has 0 spiro atoms. The summed E-state index contributed by atoms with van der Waals surface area (Å²) in [6, 6.07) is 11.6. The van der Waals surface area contributed by atoms with Gasteiger partial charge in [-0.05, 0) is 43.2 Å². The van der Waals surface area contributed by atoms with E-state index in [9.17, 15) is 19.1 Å². The summed E-state index contributed by atoms with van der Waals surface area (Å²) in [6.45, 7) is 3.07. The molecule has 0 saturated carbocycles. The zero-order valence-electron chi connectivity index (χ0n) is 24.6. The Hall–Kier alpha value is -4.74. The Bertz CT molecular complexity index is 1720. The minimum absolute atomic E-state index is 0.0942. The van der Waals surface area contributed by atoms with Gasteiger partial charge in [0, 0.05) is 41.0 Å². The first-order chi connectivity index (χ1) is 21.6. The number of carbonyl (C=O) groups excluding carboxylic acids is 2. The molecule has 1 N–H and O–H groups in total. The third kappa shape index (κ3) is 7.16. The number of hydrogen-bond donors (Lipinski definition) is 1. The van der Waals surface area contributed by atoms with Crippen LogP contribution < -0.4 is 4.57 Å². The Balaban J connectivity index is 1.34. The second-order valence-corrected chi connectivity index (χ2v) is 11.7. The fraction of sp³-hybridized carbons (Fsp3) is 0.355. The maximum absolute atomic E-state index is 15.2. The van der Waals surface area contributed by atoms with Gasteiger partial charge in [0.25, 0.3) is 6.33 Å². The van der Waals surface area contributed by atoms with E-state index in [4.69, 9.17) is 14.7 Å². The van der Waals surface area contributed by atoms with E-state index < -0.39 is 35.2 Å². The molecule has 0 bridgehead atoms. The van der Waals surface area contributed by atoms with Crippen molar-refractivity contribution >= 4 is 23.4 Å². The van der Waals surface area contributed by atoms with Gasteiger partial charge in [-0.1, -0.05) is 19.1 Å². The fourth-order valence-corrected chi connectivity index (χ4v) is 6.23. The Morgan fingerprint density at radius 3 is 2.76 bits per heavy atom. The number of aromatic nitrogens is 4. The molecule has 5 rings (SSSR count). The summed E-state index contributed by atoms with van der Waals surface area (Å²) >= 11 is 1.26. The topological polar surface area (TPSA) is 134 Å². The van der Waals surface area contributed by atoms with E-state index in [-0.39, 0.29) is 31.5 Å². The van der Waals surface area contributed by atoms with Gasteiger partial charge < -0.3 is 19.5 Å². The van der Waals surface area contributed by atoms with Gasteiger partial charge in [0.15, 0.2) is 0 Å². The molecule has 14 heteroatoms. The monoisotopic (exact) mass is 637 g/mol. The van der Waals surface area contributed by atoms with Crippen molar-refractivity contribution in [3.63, 3.8) is 0 Å². The number of hydrogen-bond acceptors (Lipinski definition) is 9. The van der Waals surface area contributed by atoms with Crippen LogP contribution in [-0.2, 0) is 33.1 Å². The molecule has 3 heterocycles. The molecule has 4 aromatic rings. The van der Waals surface area contributed by atoms with Crippen LogP contribution in [-0.4, -0.2) is 56.0 Å². The normalized spacial score (nSPS) is 16.5. The third-order valence-corrected chi connectivity index (χ3v) is 8.80. The van der Waals surface area contributed by atoms with Crippen molar-refractivity contribution in [1.82, 2.24) is 19.7 Å². The minimum Gasteiger partial charge on any atom is -0.464 e. The van der Waals surface area contributed by atoms with Gasteiger partial charge in [-0.3, -0.25) is 4.79 Å². The maximum Gasteiger partial charge on any atom is 0.412 e. The molecule has 0 aliphatic carbocycles. The van der Waals surface area contributed by atoms with Gasteiger partial charge >= 0.3 is 12.1 Å². The van der Waals surface area contributed by atoms with Crippen LogP contribution in [0.2, 0.25) is 0 Å². The number of amides is 1. The number of aliphatic hydroxyl groups is 1. The lowest BCUT2D eigenvalue weighted by Gasteiger charge is -2.32. The summed E-state index contributed by atoms with van der Waals surface area (Å²) in [7, 11) is 0. The lowest BCUT2D eigenvalue weighted by atomic mass is 9.82. The lowest BCUT2D eigenvalue weighted by Crippen LogP contribution is -2.42. The van der Waals surface area contributed by atoms with Crippen LogP contribution >= 0.6 is 11.3 Å². The van der Waals surface area contributed by atoms with Gasteiger partial charge in [0.05, 0.1) is 28.4 Å². The molecule has 1 saturated heterocycles. The highest BCUT2D eigenvalue weighted by molar-refractivity contribution is 7.10. The van der Waals surface area contributed by atoms with Crippen LogP contribution in [0.5, 0.6) is 0 Å². The highest BCUT2D eigenvalue weighted by atomic mass is 32.1. The van der Waals surface area contributed by atoms with Crippen molar-refractivity contribution in [2.45, 2.75) is 57.5 Å². The SMILES string of the molecule is CC(=O)OCC1CCCN1C(=O)OC[n+]1cnn(CC(O)(c2cc(F)ccc2F)C(C)c2nc(-c3ccc(C#N)cc3)cs2)c1. The largest absolute Gasteiger partial charge is 0.464 e. The zero-order valence-corrected chi connectivity index (χ0v) is 25.4. The first kappa shape index (κ1) is 31.7. The predicted molar refractivity (Wildman–Crippen MR) is 156 cm³/mol. The van der Waals surface area contributed by atoms with Gasteiger partial charge in [-0.25, -0.2) is 23.1 Å². The molecular formula is C31H31F2N6O5S+. The van der Waals surface area contributed by atoms with Crippen LogP contribution in [0.3, 0.4) is 0 Å². The second kappa shape index (κ2) is 13.5. The number of esters is 1. The number of carbonyl (C=O) groups is 2. The highest BCUT2D eigenvalue weighted by Gasteiger charge is 2.43. The Kier molecular flexibility index (Phi) is 9.50. The average Bonchev–Trinajstić information content (AvgIpc) is 3.81. The summed E-state index contributed by atoms with van der Waals surface area (Å²) in [5, 5.41) is 27.7. The zero-order chi connectivity index (χ0) is 32.1. The number of rotatable bonds is 10. The number of ether oxygens (including phenoxy) is 2. The molecule has 1 fully saturated rings. The molecular weight excluding hydrogens is 606 g/mol. The quantitative estimate of drug-likeness (QED) is 0.202. The molecule has 3 atom stereocenters. The molecule has 45 heavy (non-hydrogen) atoms. The molecule has 11 nitrogen and oxygen atoms in total. The average molecular weight is 638 g/mol. The van der Waals surface area contributed by atoms with E-state index >= 15 is 4.39 Å². The van der Waals surface area contributed by atoms with Gasteiger partial charge in [0.2, 0.25) is 13.1 Å². The number of benzene rings is 2. The van der Waals surface area contributed by atoms with Gasteiger partial charge in [0.1, 0.15) is 30.4 Å². The predicted octanol–water partition coefficient (Wildman–Crippen LogP) is 4.26. The van der Waals surface area contributed by atoms with E-state index in [0.717, 1.165) is 30.2 Å². The second-order valence-electron chi connectivity index (χ2n) is 10.8. The van der Waals surface area contributed by atoms with Gasteiger partial charge in [-0.2, -0.15) is 5.26 Å². The summed E-state index contributed by atoms with van der Waals surface area (Å²) in [5.41, 5.74) is -0.374. The van der Waals surface area contributed by atoms with E-state index in [0.29, 0.717) is 29.2 Å². The molecule has 0 radical (unpaired) electrons. The Morgan fingerprint density at radius 2 is 2.02 bits per heavy atom. The smallest absolute Gasteiger partial charge is 0.412 e. The van der Waals surface area contributed by atoms with Crippen LogP contribution in [0, 0.1) is 23.0 Å². The van der Waals surface area contributed by atoms with E-state index in [2.05, 4.69) is 16.2 Å². The summed E-state index contributed by atoms with van der Waals surface area (Å²) < 4.78 is 42.9. The van der Waals surface area contributed by atoms with Crippen LogP contribution in [0.15, 0.2) is 60.5 Å². The summed E-state index contributed by atoms with van der Waals surface area (Å²) in [4.78, 5) is 30.1. The lowest BCUT2D eigenvalue weighted by molar-refractivity contribution is -0.728. The molecule has 1 amide bonds. The summed E-state index contributed by atoms with van der Waals surface area (Å²) in [5.74, 6) is -2.75. The minimum atomic E-state index is -1.99. The molecule has 234 valence electrons. The van der Waals surface area contributed by atoms with Crippen molar-refractivity contribution in [2.24, 2.45) is 0 Å². The van der Waals surface area contributed by atoms with Crippen molar-refractivity contribution < 1.29 is 37.5 Å². The van der Waals surface area contributed by atoms with Crippen LogP contribution in [0.4, 0.5) is 13.6 Å². The van der Waals surface area contributed by atoms with Crippen molar-refractivity contribution in [2.75, 3.05) is 13.2 Å². The first-order valence-corrected chi connectivity index (χ1v) is 15.1. The molecule has 2 aromatic carbocycles. The Labute approximate surface area is 261 Å². The van der Waals surface area contributed by atoms with Crippen molar-refractivity contribution in [1.29, 1.82) is 5.26 Å². The molecule has 1 aliphatic heterocycles. The molecule has 2 aromatic heterocycles. The number of thiazole rings is 1. The Morgan fingerprint density at radius 1 is 1.24 bits per heavy atom. The number of likely N-dealkylation sites (tertiary alicyclic amines) is 1. The highest BCUT2D eigenvalue weighted by Crippen LogP contribution is 2.41. The number of nitriles is 1. The summed E-state index contributed by atoms with van der Waals surface area (Å²) in [6.07, 6.45) is 3.74. The third-order valence-electron chi connectivity index (χ3n) is 7.77. The standard InChI is InChI=1S/C31H31F2N6O5S/c1-20(29-36-28(15-45-29)23-7-5-22(13-34)6-8-23)31(42,26-12-24(32)9-10-27(26)33)16-38-18-37(17-35-38)19-44-30(41)39-11-3-4-25(39)14-43-21(2)40/h5-10,12,15,17-18,20,25,42H,3-4,11,14,16,19H2,1-2H3/q+1. The van der Waals surface area contributed by atoms with Crippen molar-refractivity contribution in [3.05, 3.63) is 88.3 Å². The van der Waals surface area contributed by atoms with Crippen molar-refractivity contribution in [3.8, 4) is 17.3 Å². The van der Waals surface area contributed by atoms with E-state index in [1.165, 1.54) is 45.1 Å². The van der Waals surface area contributed by atoms with E-state index in [1.54, 1.807) is 36.6 Å². The first-order valence-electron chi connectivity index (χ1n) is 14.2. The fourth-order valence-electron chi connectivity index (χ4n) is 5.26. The van der Waals surface area contributed by atoms with Crippen LogP contribution in [0.25, 0.3) is 11.3 Å². The maximum atomic E-state index is 15.2. The number of nitrogens with zero attached hydrogens (tertiary/aromatic N) is 6. The van der Waals surface area contributed by atoms with Crippen LogP contribution in [0.1, 0.15) is 48.7 Å².